The van der Waals surface area contributed by atoms with Gasteiger partial charge in [-0.1, -0.05) is 13.8 Å². The first kappa shape index (κ1) is 17.2. The number of aromatic amines is 1. The van der Waals surface area contributed by atoms with E-state index in [4.69, 9.17) is 10.5 Å². The Kier molecular flexibility index (Phi) is 6.67. The van der Waals surface area contributed by atoms with E-state index in [0.29, 0.717) is 25.4 Å². The molecule has 0 atom stereocenters. The van der Waals surface area contributed by atoms with Crippen molar-refractivity contribution in [1.82, 2.24) is 9.29 Å². The van der Waals surface area contributed by atoms with Crippen LogP contribution in [0.1, 0.15) is 32.4 Å². The largest absolute Gasteiger partial charge is 0.383 e. The van der Waals surface area contributed by atoms with E-state index in [0.717, 1.165) is 12.8 Å². The van der Waals surface area contributed by atoms with Crippen LogP contribution in [0.3, 0.4) is 0 Å². The molecule has 0 saturated heterocycles. The van der Waals surface area contributed by atoms with Crippen LogP contribution >= 0.6 is 0 Å². The van der Waals surface area contributed by atoms with E-state index < -0.39 is 10.0 Å². The van der Waals surface area contributed by atoms with Crippen molar-refractivity contribution in [2.45, 2.75) is 44.2 Å². The molecule has 0 unspecified atom stereocenters. The minimum Gasteiger partial charge on any atom is -0.383 e. The topological polar surface area (TPSA) is 88.4 Å². The molecule has 1 heterocycles. The fourth-order valence-electron chi connectivity index (χ4n) is 2.20. The normalized spacial score (nSPS) is 12.5. The molecule has 0 radical (unpaired) electrons. The fourth-order valence-corrected chi connectivity index (χ4v) is 3.97. The number of ether oxygens (including phenoxy) is 1. The smallest absolute Gasteiger partial charge is 0.244 e. The molecule has 0 bridgehead atoms. The van der Waals surface area contributed by atoms with Gasteiger partial charge in [0, 0.05) is 38.1 Å². The molecule has 0 aromatic carbocycles. The molecule has 1 aromatic rings. The number of aromatic nitrogens is 1. The maximum atomic E-state index is 12.7. The van der Waals surface area contributed by atoms with Gasteiger partial charge in [-0.05, 0) is 18.9 Å². The van der Waals surface area contributed by atoms with Crippen molar-refractivity contribution in [2.24, 2.45) is 5.73 Å². The highest BCUT2D eigenvalue weighted by molar-refractivity contribution is 7.89. The highest BCUT2D eigenvalue weighted by Gasteiger charge is 2.30. The number of hydrogen-bond acceptors (Lipinski definition) is 4. The standard InChI is InChI=1S/C13H25N3O3S/c1-4-12(5-2)16(6-7-19-3)20(17,18)13-8-11(9-14)15-10-13/h8,10,12,15H,4-7,9,14H2,1-3H3. The fraction of sp³-hybridized carbons (Fsp3) is 0.692. The Morgan fingerprint density at radius 1 is 1.40 bits per heavy atom. The van der Waals surface area contributed by atoms with Crippen LogP contribution in [0.5, 0.6) is 0 Å². The van der Waals surface area contributed by atoms with Gasteiger partial charge in [-0.15, -0.1) is 0 Å². The number of methoxy groups -OCH3 is 1. The van der Waals surface area contributed by atoms with Crippen LogP contribution in [-0.4, -0.2) is 44.0 Å². The zero-order valence-corrected chi connectivity index (χ0v) is 13.2. The van der Waals surface area contributed by atoms with Crippen LogP contribution in [0.4, 0.5) is 0 Å². The molecule has 0 aliphatic heterocycles. The van der Waals surface area contributed by atoms with E-state index in [-0.39, 0.29) is 10.9 Å². The van der Waals surface area contributed by atoms with Crippen molar-refractivity contribution < 1.29 is 13.2 Å². The van der Waals surface area contributed by atoms with Gasteiger partial charge in [0.2, 0.25) is 10.0 Å². The summed E-state index contributed by atoms with van der Waals surface area (Å²) in [5.74, 6) is 0. The summed E-state index contributed by atoms with van der Waals surface area (Å²) < 4.78 is 32.0. The number of nitrogens with zero attached hydrogens (tertiary/aromatic N) is 1. The first-order valence-electron chi connectivity index (χ1n) is 6.89. The summed E-state index contributed by atoms with van der Waals surface area (Å²) in [5.41, 5.74) is 6.22. The Hall–Kier alpha value is -0.890. The Morgan fingerprint density at radius 3 is 2.50 bits per heavy atom. The summed E-state index contributed by atoms with van der Waals surface area (Å²) in [6.45, 7) is 5.01. The molecule has 6 nitrogen and oxygen atoms in total. The van der Waals surface area contributed by atoms with Gasteiger partial charge in [0.25, 0.3) is 0 Å². The van der Waals surface area contributed by atoms with Crippen LogP contribution in [-0.2, 0) is 21.3 Å². The third-order valence-corrected chi connectivity index (χ3v) is 5.34. The van der Waals surface area contributed by atoms with Crippen molar-refractivity contribution in [1.29, 1.82) is 0 Å². The molecule has 0 amide bonds. The number of nitrogens with one attached hydrogen (secondary N) is 1. The lowest BCUT2D eigenvalue weighted by Crippen LogP contribution is -2.41. The molecule has 0 saturated carbocycles. The quantitative estimate of drug-likeness (QED) is 0.719. The van der Waals surface area contributed by atoms with Crippen LogP contribution in [0.15, 0.2) is 17.2 Å². The summed E-state index contributed by atoms with van der Waals surface area (Å²) in [6.07, 6.45) is 3.04. The molecule has 20 heavy (non-hydrogen) atoms. The van der Waals surface area contributed by atoms with Crippen molar-refractivity contribution in [3.63, 3.8) is 0 Å². The monoisotopic (exact) mass is 303 g/mol. The summed E-state index contributed by atoms with van der Waals surface area (Å²) in [7, 11) is -1.95. The third-order valence-electron chi connectivity index (χ3n) is 3.41. The van der Waals surface area contributed by atoms with Crippen molar-refractivity contribution in [2.75, 3.05) is 20.3 Å². The second-order valence-electron chi connectivity index (χ2n) is 4.64. The number of H-pyrrole nitrogens is 1. The predicted molar refractivity (Wildman–Crippen MR) is 78.8 cm³/mol. The molecular formula is C13H25N3O3S. The Morgan fingerprint density at radius 2 is 2.05 bits per heavy atom. The van der Waals surface area contributed by atoms with Gasteiger partial charge in [0.1, 0.15) is 0 Å². The minimum atomic E-state index is -3.52. The Labute approximate surface area is 121 Å². The van der Waals surface area contributed by atoms with Gasteiger partial charge in [-0.3, -0.25) is 0 Å². The maximum absolute atomic E-state index is 12.7. The molecule has 0 spiro atoms. The summed E-state index contributed by atoms with van der Waals surface area (Å²) in [6, 6.07) is 1.57. The van der Waals surface area contributed by atoms with Gasteiger partial charge in [-0.25, -0.2) is 8.42 Å². The zero-order chi connectivity index (χ0) is 15.2. The van der Waals surface area contributed by atoms with Gasteiger partial charge in [0.15, 0.2) is 0 Å². The molecular weight excluding hydrogens is 278 g/mol. The third kappa shape index (κ3) is 3.82. The second-order valence-corrected chi connectivity index (χ2v) is 6.53. The molecule has 1 aromatic heterocycles. The molecule has 116 valence electrons. The van der Waals surface area contributed by atoms with Gasteiger partial charge in [-0.2, -0.15) is 4.31 Å². The van der Waals surface area contributed by atoms with E-state index in [1.54, 1.807) is 13.2 Å². The lowest BCUT2D eigenvalue weighted by atomic mass is 10.2. The average molecular weight is 303 g/mol. The highest BCUT2D eigenvalue weighted by Crippen LogP contribution is 2.21. The molecule has 1 rings (SSSR count). The van der Waals surface area contributed by atoms with Crippen molar-refractivity contribution >= 4 is 10.0 Å². The Balaban J connectivity index is 3.08. The molecule has 0 fully saturated rings. The number of hydrogen-bond donors (Lipinski definition) is 2. The molecule has 0 aliphatic rings. The van der Waals surface area contributed by atoms with Gasteiger partial charge >= 0.3 is 0 Å². The zero-order valence-electron chi connectivity index (χ0n) is 12.4. The second kappa shape index (κ2) is 7.78. The van der Waals surface area contributed by atoms with Crippen molar-refractivity contribution in [3.8, 4) is 0 Å². The number of sulfonamides is 1. The predicted octanol–water partition coefficient (Wildman–Crippen LogP) is 1.30. The average Bonchev–Trinajstić information content (AvgIpc) is 2.93. The maximum Gasteiger partial charge on any atom is 0.244 e. The minimum absolute atomic E-state index is 0.0219. The van der Waals surface area contributed by atoms with E-state index in [9.17, 15) is 8.42 Å². The summed E-state index contributed by atoms with van der Waals surface area (Å²) in [4.78, 5) is 3.15. The van der Waals surface area contributed by atoms with E-state index in [2.05, 4.69) is 4.98 Å². The molecule has 0 aliphatic carbocycles. The molecule has 3 N–H and O–H groups in total. The summed E-state index contributed by atoms with van der Waals surface area (Å²) in [5, 5.41) is 0. The van der Waals surface area contributed by atoms with Crippen molar-refractivity contribution in [3.05, 3.63) is 18.0 Å². The first-order chi connectivity index (χ1) is 9.51. The SMILES string of the molecule is CCC(CC)N(CCOC)S(=O)(=O)c1c[nH]c(CN)c1. The van der Waals surface area contributed by atoms with E-state index in [1.807, 2.05) is 13.8 Å². The van der Waals surface area contributed by atoms with Crippen LogP contribution in [0.2, 0.25) is 0 Å². The number of nitrogens with two attached hydrogens (primary N) is 1. The molecule has 7 heteroatoms. The van der Waals surface area contributed by atoms with Crippen LogP contribution in [0, 0.1) is 0 Å². The summed E-state index contributed by atoms with van der Waals surface area (Å²) >= 11 is 0. The van der Waals surface area contributed by atoms with Gasteiger partial charge in [0.05, 0.1) is 11.5 Å². The number of rotatable bonds is 9. The van der Waals surface area contributed by atoms with E-state index >= 15 is 0 Å². The first-order valence-corrected chi connectivity index (χ1v) is 8.33. The van der Waals surface area contributed by atoms with Crippen LogP contribution < -0.4 is 5.73 Å². The Bertz CT molecular complexity index is 495. The van der Waals surface area contributed by atoms with Crippen LogP contribution in [0.25, 0.3) is 0 Å². The van der Waals surface area contributed by atoms with Gasteiger partial charge < -0.3 is 15.5 Å². The lowest BCUT2D eigenvalue weighted by molar-refractivity contribution is 0.163. The highest BCUT2D eigenvalue weighted by atomic mass is 32.2. The lowest BCUT2D eigenvalue weighted by Gasteiger charge is -2.29. The van der Waals surface area contributed by atoms with E-state index in [1.165, 1.54) is 10.5 Å².